The van der Waals surface area contributed by atoms with Crippen LogP contribution in [0.15, 0.2) is 23.1 Å². The molecule has 2 aromatic rings. The fraction of sp³-hybridized carbons (Fsp3) is 0.538. The van der Waals surface area contributed by atoms with E-state index in [1.165, 1.54) is 4.31 Å². The van der Waals surface area contributed by atoms with Crippen molar-refractivity contribution in [3.8, 4) is 0 Å². The summed E-state index contributed by atoms with van der Waals surface area (Å²) in [4.78, 5) is 0.207. The lowest BCUT2D eigenvalue weighted by molar-refractivity contribution is 0.0590. The highest BCUT2D eigenvalue weighted by Crippen LogP contribution is 2.27. The van der Waals surface area contributed by atoms with Gasteiger partial charge in [-0.1, -0.05) is 6.07 Å². The summed E-state index contributed by atoms with van der Waals surface area (Å²) in [5.41, 5.74) is 6.67. The summed E-state index contributed by atoms with van der Waals surface area (Å²) in [6, 6.07) is 4.96. The zero-order valence-corrected chi connectivity index (χ0v) is 13.6. The molecule has 3 rings (SSSR count). The minimum Gasteiger partial charge on any atom is -0.381 e. The smallest absolute Gasteiger partial charge is 0.245 e. The molecule has 2 N–H and O–H groups in total. The fourth-order valence-electron chi connectivity index (χ4n) is 2.72. The summed E-state index contributed by atoms with van der Waals surface area (Å²) in [6.07, 6.45) is 1.37. The van der Waals surface area contributed by atoms with Crippen molar-refractivity contribution in [3.05, 3.63) is 18.2 Å². The third-order valence-corrected chi connectivity index (χ3v) is 6.31. The molecule has 0 atom stereocenters. The van der Waals surface area contributed by atoms with Gasteiger partial charge >= 0.3 is 0 Å². The van der Waals surface area contributed by atoms with Gasteiger partial charge in [0.2, 0.25) is 10.0 Å². The SMILES string of the molecule is NCCN(C1CCOCC1)S(=O)(=O)c1cccc2nsnc12. The van der Waals surface area contributed by atoms with E-state index < -0.39 is 10.0 Å². The lowest BCUT2D eigenvalue weighted by Gasteiger charge is -2.33. The maximum absolute atomic E-state index is 13.1. The molecule has 0 aliphatic carbocycles. The van der Waals surface area contributed by atoms with Crippen molar-refractivity contribution in [2.24, 2.45) is 5.73 Å². The van der Waals surface area contributed by atoms with E-state index in [0.29, 0.717) is 43.6 Å². The second-order valence-electron chi connectivity index (χ2n) is 5.14. The molecule has 9 heteroatoms. The van der Waals surface area contributed by atoms with Crippen LogP contribution in [0.3, 0.4) is 0 Å². The van der Waals surface area contributed by atoms with Crippen LogP contribution in [-0.4, -0.2) is 53.8 Å². The van der Waals surface area contributed by atoms with Crippen LogP contribution in [0.2, 0.25) is 0 Å². The normalized spacial score (nSPS) is 17.4. The molecular weight excluding hydrogens is 324 g/mol. The van der Waals surface area contributed by atoms with E-state index in [4.69, 9.17) is 10.5 Å². The average molecular weight is 342 g/mol. The molecular formula is C13H18N4O3S2. The van der Waals surface area contributed by atoms with Gasteiger partial charge in [0.15, 0.2) is 0 Å². The number of nitrogens with two attached hydrogens (primary N) is 1. The number of fused-ring (bicyclic) bond motifs is 1. The van der Waals surface area contributed by atoms with Crippen molar-refractivity contribution >= 4 is 32.8 Å². The highest BCUT2D eigenvalue weighted by Gasteiger charge is 2.33. The van der Waals surface area contributed by atoms with E-state index in [1.807, 2.05) is 0 Å². The van der Waals surface area contributed by atoms with E-state index in [0.717, 1.165) is 11.7 Å². The standard InChI is InChI=1S/C13H18N4O3S2/c14-6-7-17(10-4-8-20-9-5-10)22(18,19)12-3-1-2-11-13(12)16-21-15-11/h1-3,10H,4-9,14H2. The fourth-order valence-corrected chi connectivity index (χ4v) is 5.17. The Kier molecular flexibility index (Phi) is 4.69. The topological polar surface area (TPSA) is 98.4 Å². The minimum absolute atomic E-state index is 0.0795. The number of rotatable bonds is 5. The first kappa shape index (κ1) is 15.8. The van der Waals surface area contributed by atoms with Crippen LogP contribution in [0.25, 0.3) is 11.0 Å². The molecule has 2 heterocycles. The molecule has 1 aliphatic heterocycles. The number of aromatic nitrogens is 2. The highest BCUT2D eigenvalue weighted by atomic mass is 32.2. The van der Waals surface area contributed by atoms with Gasteiger partial charge in [-0.25, -0.2) is 8.42 Å². The van der Waals surface area contributed by atoms with Gasteiger partial charge in [-0.3, -0.25) is 0 Å². The van der Waals surface area contributed by atoms with Crippen LogP contribution in [0.4, 0.5) is 0 Å². The monoisotopic (exact) mass is 342 g/mol. The first-order valence-electron chi connectivity index (χ1n) is 7.15. The molecule has 0 spiro atoms. The van der Waals surface area contributed by atoms with E-state index in [9.17, 15) is 8.42 Å². The zero-order valence-electron chi connectivity index (χ0n) is 12.0. The lowest BCUT2D eigenvalue weighted by atomic mass is 10.1. The first-order chi connectivity index (χ1) is 10.6. The van der Waals surface area contributed by atoms with Gasteiger partial charge in [-0.05, 0) is 25.0 Å². The van der Waals surface area contributed by atoms with Gasteiger partial charge in [0.05, 0.1) is 11.7 Å². The molecule has 22 heavy (non-hydrogen) atoms. The molecule has 1 aromatic carbocycles. The van der Waals surface area contributed by atoms with Gasteiger partial charge < -0.3 is 10.5 Å². The molecule has 1 saturated heterocycles. The molecule has 120 valence electrons. The Labute approximate surface area is 133 Å². The third-order valence-electron chi connectivity index (χ3n) is 3.78. The Morgan fingerprint density at radius 3 is 2.82 bits per heavy atom. The molecule has 1 fully saturated rings. The van der Waals surface area contributed by atoms with Gasteiger partial charge in [0.25, 0.3) is 0 Å². The quantitative estimate of drug-likeness (QED) is 0.864. The Morgan fingerprint density at radius 2 is 2.09 bits per heavy atom. The van der Waals surface area contributed by atoms with E-state index in [1.54, 1.807) is 18.2 Å². The maximum atomic E-state index is 13.1. The lowest BCUT2D eigenvalue weighted by Crippen LogP contribution is -2.45. The van der Waals surface area contributed by atoms with Crippen molar-refractivity contribution in [2.75, 3.05) is 26.3 Å². The van der Waals surface area contributed by atoms with Crippen molar-refractivity contribution in [2.45, 2.75) is 23.8 Å². The van der Waals surface area contributed by atoms with Gasteiger partial charge in [0.1, 0.15) is 15.9 Å². The Bertz CT molecular complexity index is 741. The molecule has 0 saturated carbocycles. The van der Waals surface area contributed by atoms with Gasteiger partial charge in [0, 0.05) is 32.3 Å². The average Bonchev–Trinajstić information content (AvgIpc) is 3.01. The first-order valence-corrected chi connectivity index (χ1v) is 9.32. The van der Waals surface area contributed by atoms with Crippen molar-refractivity contribution in [1.29, 1.82) is 0 Å². The highest BCUT2D eigenvalue weighted by molar-refractivity contribution is 7.89. The Morgan fingerprint density at radius 1 is 1.32 bits per heavy atom. The molecule has 0 bridgehead atoms. The summed E-state index contributed by atoms with van der Waals surface area (Å²) in [5.74, 6) is 0. The molecule has 0 amide bonds. The van der Waals surface area contributed by atoms with E-state index in [2.05, 4.69) is 8.75 Å². The number of nitrogens with zero attached hydrogens (tertiary/aromatic N) is 3. The van der Waals surface area contributed by atoms with Crippen LogP contribution < -0.4 is 5.73 Å². The summed E-state index contributed by atoms with van der Waals surface area (Å²) in [5, 5.41) is 0. The number of sulfonamides is 1. The Balaban J connectivity index is 2.03. The van der Waals surface area contributed by atoms with Crippen molar-refractivity contribution in [1.82, 2.24) is 13.1 Å². The molecule has 1 aliphatic rings. The largest absolute Gasteiger partial charge is 0.381 e. The molecule has 0 unspecified atom stereocenters. The predicted octanol–water partition coefficient (Wildman–Crippen LogP) is 0.820. The van der Waals surface area contributed by atoms with E-state index in [-0.39, 0.29) is 17.5 Å². The van der Waals surface area contributed by atoms with Crippen LogP contribution in [0.5, 0.6) is 0 Å². The second-order valence-corrected chi connectivity index (χ2v) is 7.52. The third kappa shape index (κ3) is 2.86. The van der Waals surface area contributed by atoms with Crippen LogP contribution in [-0.2, 0) is 14.8 Å². The zero-order chi connectivity index (χ0) is 15.6. The van der Waals surface area contributed by atoms with Crippen LogP contribution >= 0.6 is 11.7 Å². The van der Waals surface area contributed by atoms with Crippen molar-refractivity contribution in [3.63, 3.8) is 0 Å². The Hall–Kier alpha value is -1.13. The molecule has 1 aromatic heterocycles. The van der Waals surface area contributed by atoms with Crippen LogP contribution in [0.1, 0.15) is 12.8 Å². The number of ether oxygens (including phenoxy) is 1. The maximum Gasteiger partial charge on any atom is 0.245 e. The minimum atomic E-state index is -3.66. The number of hydrogen-bond acceptors (Lipinski definition) is 7. The van der Waals surface area contributed by atoms with Crippen LogP contribution in [0, 0.1) is 0 Å². The van der Waals surface area contributed by atoms with Crippen molar-refractivity contribution < 1.29 is 13.2 Å². The summed E-state index contributed by atoms with van der Waals surface area (Å²) in [7, 11) is -3.66. The number of hydrogen-bond donors (Lipinski definition) is 1. The summed E-state index contributed by atoms with van der Waals surface area (Å²) < 4.78 is 41.3. The number of benzene rings is 1. The molecule has 7 nitrogen and oxygen atoms in total. The molecule has 0 radical (unpaired) electrons. The predicted molar refractivity (Wildman–Crippen MR) is 84.2 cm³/mol. The van der Waals surface area contributed by atoms with Gasteiger partial charge in [-0.2, -0.15) is 13.1 Å². The van der Waals surface area contributed by atoms with Gasteiger partial charge in [-0.15, -0.1) is 0 Å². The summed E-state index contributed by atoms with van der Waals surface area (Å²) in [6.45, 7) is 1.72. The second kappa shape index (κ2) is 6.55. The van der Waals surface area contributed by atoms with E-state index >= 15 is 0 Å². The summed E-state index contributed by atoms with van der Waals surface area (Å²) >= 11 is 1.02.